The van der Waals surface area contributed by atoms with E-state index in [0.29, 0.717) is 24.8 Å². The van der Waals surface area contributed by atoms with Gasteiger partial charge in [-0.3, -0.25) is 19.3 Å². The van der Waals surface area contributed by atoms with E-state index >= 15 is 0 Å². The van der Waals surface area contributed by atoms with Gasteiger partial charge in [-0.1, -0.05) is 52.7 Å². The highest BCUT2D eigenvalue weighted by Gasteiger charge is 2.32. The van der Waals surface area contributed by atoms with Crippen LogP contribution >= 0.6 is 0 Å². The van der Waals surface area contributed by atoms with Gasteiger partial charge in [-0.05, 0) is 37.5 Å². The normalized spacial score (nSPS) is 17.7. The van der Waals surface area contributed by atoms with Crippen molar-refractivity contribution < 1.29 is 14.4 Å². The molecule has 0 unspecified atom stereocenters. The van der Waals surface area contributed by atoms with E-state index < -0.39 is 0 Å². The third-order valence-electron chi connectivity index (χ3n) is 4.68. The molecule has 1 aliphatic heterocycles. The van der Waals surface area contributed by atoms with Gasteiger partial charge in [0.25, 0.3) is 11.8 Å². The summed E-state index contributed by atoms with van der Waals surface area (Å²) in [6.07, 6.45) is 8.97. The van der Waals surface area contributed by atoms with Crippen LogP contribution in [0.3, 0.4) is 0 Å². The molecule has 1 rings (SSSR count). The van der Waals surface area contributed by atoms with Crippen molar-refractivity contribution in [2.24, 2.45) is 11.3 Å². The summed E-state index contributed by atoms with van der Waals surface area (Å²) in [6, 6.07) is -0.179. The Morgan fingerprint density at radius 3 is 2.48 bits per heavy atom. The zero-order valence-electron chi connectivity index (χ0n) is 17.8. The number of amides is 3. The van der Waals surface area contributed by atoms with E-state index in [1.165, 1.54) is 17.1 Å². The summed E-state index contributed by atoms with van der Waals surface area (Å²) in [4.78, 5) is 37.6. The quantitative estimate of drug-likeness (QED) is 0.489. The monoisotopic (exact) mass is 376 g/mol. The molecule has 1 aliphatic rings. The average Bonchev–Trinajstić information content (AvgIpc) is 2.92. The molecule has 3 amide bonds. The second kappa shape index (κ2) is 10.4. The Morgan fingerprint density at radius 2 is 1.89 bits per heavy atom. The van der Waals surface area contributed by atoms with Crippen LogP contribution in [-0.4, -0.2) is 35.2 Å². The van der Waals surface area contributed by atoms with Gasteiger partial charge in [0.05, 0.1) is 6.04 Å². The maximum atomic E-state index is 12.4. The molecule has 152 valence electrons. The molecule has 0 aliphatic carbocycles. The highest BCUT2D eigenvalue weighted by atomic mass is 16.2. The summed E-state index contributed by atoms with van der Waals surface area (Å²) in [7, 11) is 0. The lowest BCUT2D eigenvalue weighted by molar-refractivity contribution is -0.140. The van der Waals surface area contributed by atoms with Crippen LogP contribution in [0, 0.1) is 11.3 Å². The van der Waals surface area contributed by atoms with Gasteiger partial charge in [0.1, 0.15) is 0 Å². The smallest absolute Gasteiger partial charge is 0.253 e. The lowest BCUT2D eigenvalue weighted by Gasteiger charge is -2.24. The van der Waals surface area contributed by atoms with Crippen LogP contribution in [0.25, 0.3) is 0 Å². The first-order chi connectivity index (χ1) is 12.5. The molecule has 1 N–H and O–H groups in total. The van der Waals surface area contributed by atoms with Gasteiger partial charge in [-0.2, -0.15) is 0 Å². The fraction of sp³-hybridized carbons (Fsp3) is 0.682. The number of carbonyl (C=O) groups excluding carboxylic acids is 3. The molecule has 27 heavy (non-hydrogen) atoms. The van der Waals surface area contributed by atoms with E-state index in [1.807, 2.05) is 20.8 Å². The number of hydrogen-bond donors (Lipinski definition) is 1. The maximum absolute atomic E-state index is 12.4. The molecule has 0 saturated heterocycles. The molecule has 0 spiro atoms. The summed E-state index contributed by atoms with van der Waals surface area (Å²) in [6.45, 7) is 13.0. The van der Waals surface area contributed by atoms with Gasteiger partial charge in [0.15, 0.2) is 0 Å². The van der Waals surface area contributed by atoms with E-state index in [-0.39, 0.29) is 29.7 Å². The first-order valence-corrected chi connectivity index (χ1v) is 10.0. The Kier molecular flexibility index (Phi) is 8.94. The minimum absolute atomic E-state index is 0.0572. The predicted octanol–water partition coefficient (Wildman–Crippen LogP) is 4.00. The Balaban J connectivity index is 2.35. The first-order valence-electron chi connectivity index (χ1n) is 10.0. The van der Waals surface area contributed by atoms with Crippen LogP contribution in [0.5, 0.6) is 0 Å². The van der Waals surface area contributed by atoms with Crippen molar-refractivity contribution in [3.05, 3.63) is 23.8 Å². The third-order valence-corrected chi connectivity index (χ3v) is 4.68. The largest absolute Gasteiger partial charge is 0.356 e. The van der Waals surface area contributed by atoms with Gasteiger partial charge >= 0.3 is 0 Å². The van der Waals surface area contributed by atoms with Crippen LogP contribution < -0.4 is 5.32 Å². The molecule has 1 atom stereocenters. The van der Waals surface area contributed by atoms with Gasteiger partial charge in [-0.15, -0.1) is 0 Å². The van der Waals surface area contributed by atoms with Crippen molar-refractivity contribution in [2.75, 3.05) is 6.54 Å². The van der Waals surface area contributed by atoms with Crippen LogP contribution in [0.4, 0.5) is 0 Å². The number of carbonyl (C=O) groups is 3. The van der Waals surface area contributed by atoms with Gasteiger partial charge in [-0.25, -0.2) is 0 Å². The molecule has 0 saturated carbocycles. The highest BCUT2D eigenvalue weighted by molar-refractivity contribution is 6.07. The van der Waals surface area contributed by atoms with E-state index in [0.717, 1.165) is 24.8 Å². The fourth-order valence-electron chi connectivity index (χ4n) is 3.05. The number of hydrogen-bond acceptors (Lipinski definition) is 3. The van der Waals surface area contributed by atoms with E-state index in [2.05, 4.69) is 26.1 Å². The number of nitrogens with one attached hydrogen (secondary N) is 1. The first kappa shape index (κ1) is 23.1. The summed E-state index contributed by atoms with van der Waals surface area (Å²) in [5.41, 5.74) is 1.17. The fourth-order valence-corrected chi connectivity index (χ4v) is 3.05. The SMILES string of the molecule is C/C(=C/C(=O)N1C(=O)C=C[C@@H]1C(C)C)CCNC(=O)CCCCC(C)(C)C. The summed E-state index contributed by atoms with van der Waals surface area (Å²) < 4.78 is 0. The molecule has 1 heterocycles. The predicted molar refractivity (Wildman–Crippen MR) is 109 cm³/mol. The maximum Gasteiger partial charge on any atom is 0.253 e. The molecule has 5 heteroatoms. The van der Waals surface area contributed by atoms with E-state index in [9.17, 15) is 14.4 Å². The minimum atomic E-state index is -0.283. The van der Waals surface area contributed by atoms with Gasteiger partial charge in [0, 0.05) is 25.1 Å². The molecular weight excluding hydrogens is 340 g/mol. The van der Waals surface area contributed by atoms with Crippen molar-refractivity contribution >= 4 is 17.7 Å². The molecule has 0 aromatic heterocycles. The average molecular weight is 377 g/mol. The van der Waals surface area contributed by atoms with E-state index in [1.54, 1.807) is 6.08 Å². The summed E-state index contributed by atoms with van der Waals surface area (Å²) in [5.74, 6) is -0.300. The lowest BCUT2D eigenvalue weighted by Crippen LogP contribution is -2.41. The van der Waals surface area contributed by atoms with Crippen molar-refractivity contribution in [2.45, 2.75) is 79.7 Å². The summed E-state index contributed by atoms with van der Waals surface area (Å²) >= 11 is 0. The standard InChI is InChI=1S/C22H36N2O3/c1-16(2)18-10-11-20(26)24(18)21(27)15-17(3)12-14-23-19(25)9-7-8-13-22(4,5)6/h10-11,15-16,18H,7-9,12-14H2,1-6H3,(H,23,25)/b17-15-/t18-/m1/s1. The second-order valence-corrected chi connectivity index (χ2v) is 9.00. The van der Waals surface area contributed by atoms with Crippen LogP contribution in [0.2, 0.25) is 0 Å². The molecular formula is C22H36N2O3. The van der Waals surface area contributed by atoms with Crippen LogP contribution in [0.15, 0.2) is 23.8 Å². The molecule has 5 nitrogen and oxygen atoms in total. The van der Waals surface area contributed by atoms with E-state index in [4.69, 9.17) is 0 Å². The van der Waals surface area contributed by atoms with Crippen molar-refractivity contribution in [1.82, 2.24) is 10.2 Å². The molecule has 0 aromatic rings. The highest BCUT2D eigenvalue weighted by Crippen LogP contribution is 2.22. The van der Waals surface area contributed by atoms with Crippen molar-refractivity contribution in [1.29, 1.82) is 0 Å². The zero-order valence-corrected chi connectivity index (χ0v) is 17.8. The summed E-state index contributed by atoms with van der Waals surface area (Å²) in [5, 5.41) is 2.91. The number of unbranched alkanes of at least 4 members (excludes halogenated alkanes) is 1. The molecule has 0 radical (unpaired) electrons. The Morgan fingerprint density at radius 1 is 1.22 bits per heavy atom. The molecule has 0 fully saturated rings. The second-order valence-electron chi connectivity index (χ2n) is 9.00. The zero-order chi connectivity index (χ0) is 20.6. The number of imide groups is 1. The Hall–Kier alpha value is -1.91. The topological polar surface area (TPSA) is 66.5 Å². The number of rotatable bonds is 9. The third kappa shape index (κ3) is 8.55. The van der Waals surface area contributed by atoms with Gasteiger partial charge < -0.3 is 5.32 Å². The van der Waals surface area contributed by atoms with Crippen LogP contribution in [-0.2, 0) is 14.4 Å². The van der Waals surface area contributed by atoms with Gasteiger partial charge in [0.2, 0.25) is 5.91 Å². The van der Waals surface area contributed by atoms with Crippen LogP contribution in [0.1, 0.15) is 73.6 Å². The minimum Gasteiger partial charge on any atom is -0.356 e. The Bertz CT molecular complexity index is 597. The number of nitrogens with zero attached hydrogens (tertiary/aromatic N) is 1. The molecule has 0 bridgehead atoms. The van der Waals surface area contributed by atoms with Crippen molar-refractivity contribution in [3.63, 3.8) is 0 Å². The van der Waals surface area contributed by atoms with Crippen molar-refractivity contribution in [3.8, 4) is 0 Å². The molecule has 0 aromatic carbocycles. The lowest BCUT2D eigenvalue weighted by atomic mass is 9.89. The Labute approximate surface area is 164 Å².